The first-order chi connectivity index (χ1) is 13.0. The van der Waals surface area contributed by atoms with E-state index in [0.29, 0.717) is 5.69 Å². The van der Waals surface area contributed by atoms with Gasteiger partial charge in [0.25, 0.3) is 0 Å². The van der Waals surface area contributed by atoms with Gasteiger partial charge in [0.2, 0.25) is 0 Å². The molecule has 0 atom stereocenters. The number of phenols is 1. The zero-order chi connectivity index (χ0) is 19.2. The Hall–Kier alpha value is -2.56. The third-order valence-electron chi connectivity index (χ3n) is 4.71. The molecule has 0 unspecified atom stereocenters. The van der Waals surface area contributed by atoms with Crippen LogP contribution in [-0.2, 0) is 0 Å². The normalized spacial score (nSPS) is 11.4. The summed E-state index contributed by atoms with van der Waals surface area (Å²) in [5.74, 6) is 1.80. The van der Waals surface area contributed by atoms with Crippen LogP contribution in [0.3, 0.4) is 0 Å². The fourth-order valence-corrected chi connectivity index (χ4v) is 3.14. The molecule has 144 valence electrons. The topological polar surface area (TPSA) is 60.2 Å². The van der Waals surface area contributed by atoms with E-state index >= 15 is 0 Å². The zero-order valence-electron chi connectivity index (χ0n) is 16.5. The van der Waals surface area contributed by atoms with Crippen molar-refractivity contribution >= 4 is 11.0 Å². The van der Waals surface area contributed by atoms with E-state index in [0.717, 1.165) is 41.3 Å². The first kappa shape index (κ1) is 19.2. The largest absolute Gasteiger partial charge is 0.506 e. The summed E-state index contributed by atoms with van der Waals surface area (Å²) < 4.78 is 5.98. The smallest absolute Gasteiger partial charge is 0.143 e. The minimum absolute atomic E-state index is 0.156. The summed E-state index contributed by atoms with van der Waals surface area (Å²) in [5, 5.41) is 19.0. The lowest BCUT2D eigenvalue weighted by molar-refractivity contribution is 0.302. The Morgan fingerprint density at radius 1 is 1.00 bits per heavy atom. The highest BCUT2D eigenvalue weighted by Gasteiger charge is 2.11. The summed E-state index contributed by atoms with van der Waals surface area (Å²) in [6.45, 7) is 7.30. The molecule has 0 fully saturated rings. The number of para-hydroxylation sites is 2. The summed E-state index contributed by atoms with van der Waals surface area (Å²) >= 11 is 0. The summed E-state index contributed by atoms with van der Waals surface area (Å²) in [4.78, 5) is 1.47. The van der Waals surface area contributed by atoms with E-state index in [1.54, 1.807) is 18.2 Å². The number of unbranched alkanes of at least 4 members (excludes halogenated alkanes) is 3. The number of ether oxygens (including phenoxy) is 1. The molecule has 1 heterocycles. The molecule has 0 bridgehead atoms. The number of fused-ring (bicyclic) bond motifs is 1. The summed E-state index contributed by atoms with van der Waals surface area (Å²) in [6, 6.07) is 11.0. The number of rotatable bonds is 9. The first-order valence-electron chi connectivity index (χ1n) is 9.83. The standard InChI is InChI=1S/C22H29N3O2/c1-16(2)10-6-4-5-9-13-27-22-15-19-18(14-17(22)3)23-25(24-19)20-11-7-8-12-21(20)26/h7-8,11-12,14-16,26H,4-6,9-10,13H2,1-3H3. The van der Waals surface area contributed by atoms with E-state index in [4.69, 9.17) is 4.74 Å². The molecule has 1 N–H and O–H groups in total. The second-order valence-electron chi connectivity index (χ2n) is 7.53. The number of hydrogen-bond donors (Lipinski definition) is 1. The van der Waals surface area contributed by atoms with E-state index in [-0.39, 0.29) is 5.75 Å². The van der Waals surface area contributed by atoms with Gasteiger partial charge in [-0.05, 0) is 43.0 Å². The summed E-state index contributed by atoms with van der Waals surface area (Å²) in [5.41, 5.74) is 3.16. The molecule has 5 nitrogen and oxygen atoms in total. The van der Waals surface area contributed by atoms with Gasteiger partial charge in [-0.3, -0.25) is 0 Å². The summed E-state index contributed by atoms with van der Waals surface area (Å²) in [7, 11) is 0. The predicted molar refractivity (Wildman–Crippen MR) is 109 cm³/mol. The second-order valence-corrected chi connectivity index (χ2v) is 7.53. The van der Waals surface area contributed by atoms with Crippen LogP contribution in [0.2, 0.25) is 0 Å². The lowest BCUT2D eigenvalue weighted by Gasteiger charge is -2.09. The minimum atomic E-state index is 0.156. The van der Waals surface area contributed by atoms with Crippen LogP contribution in [0.15, 0.2) is 36.4 Å². The van der Waals surface area contributed by atoms with Gasteiger partial charge in [0, 0.05) is 6.07 Å². The van der Waals surface area contributed by atoms with Crippen LogP contribution in [0.4, 0.5) is 0 Å². The zero-order valence-corrected chi connectivity index (χ0v) is 16.5. The van der Waals surface area contributed by atoms with Crippen molar-refractivity contribution in [3.05, 3.63) is 42.0 Å². The van der Waals surface area contributed by atoms with Gasteiger partial charge in [0.15, 0.2) is 0 Å². The van der Waals surface area contributed by atoms with Gasteiger partial charge >= 0.3 is 0 Å². The fourth-order valence-electron chi connectivity index (χ4n) is 3.14. The highest BCUT2D eigenvalue weighted by molar-refractivity contribution is 5.77. The third-order valence-corrected chi connectivity index (χ3v) is 4.71. The molecular weight excluding hydrogens is 338 g/mol. The fraction of sp³-hybridized carbons (Fsp3) is 0.455. The number of aromatic nitrogens is 3. The van der Waals surface area contributed by atoms with E-state index < -0.39 is 0 Å². The molecule has 0 aliphatic carbocycles. The Morgan fingerprint density at radius 2 is 1.70 bits per heavy atom. The first-order valence-corrected chi connectivity index (χ1v) is 9.83. The van der Waals surface area contributed by atoms with E-state index in [1.165, 1.54) is 30.5 Å². The Kier molecular flexibility index (Phi) is 6.32. The van der Waals surface area contributed by atoms with Crippen molar-refractivity contribution in [2.24, 2.45) is 5.92 Å². The van der Waals surface area contributed by atoms with Gasteiger partial charge < -0.3 is 9.84 Å². The molecule has 5 heteroatoms. The van der Waals surface area contributed by atoms with Crippen LogP contribution in [-0.4, -0.2) is 26.7 Å². The minimum Gasteiger partial charge on any atom is -0.506 e. The lowest BCUT2D eigenvalue weighted by atomic mass is 10.0. The van der Waals surface area contributed by atoms with Crippen LogP contribution in [0.1, 0.15) is 51.5 Å². The van der Waals surface area contributed by atoms with Crippen molar-refractivity contribution in [3.63, 3.8) is 0 Å². The van der Waals surface area contributed by atoms with E-state index in [9.17, 15) is 5.11 Å². The Labute approximate surface area is 161 Å². The number of nitrogens with zero attached hydrogens (tertiary/aromatic N) is 3. The highest BCUT2D eigenvalue weighted by atomic mass is 16.5. The molecule has 27 heavy (non-hydrogen) atoms. The number of hydrogen-bond acceptors (Lipinski definition) is 4. The van der Waals surface area contributed by atoms with Crippen LogP contribution in [0.5, 0.6) is 11.5 Å². The average Bonchev–Trinajstić information content (AvgIpc) is 3.03. The number of benzene rings is 2. The Bertz CT molecular complexity index is 886. The maximum atomic E-state index is 10.0. The molecule has 0 spiro atoms. The van der Waals surface area contributed by atoms with Crippen molar-refractivity contribution in [1.29, 1.82) is 0 Å². The van der Waals surface area contributed by atoms with Crippen molar-refractivity contribution in [2.75, 3.05) is 6.61 Å². The Balaban J connectivity index is 1.62. The van der Waals surface area contributed by atoms with E-state index in [1.807, 2.05) is 25.1 Å². The highest BCUT2D eigenvalue weighted by Crippen LogP contribution is 2.26. The average molecular weight is 367 g/mol. The molecule has 3 aromatic rings. The van der Waals surface area contributed by atoms with Gasteiger partial charge in [0.1, 0.15) is 28.2 Å². The number of phenolic OH excluding ortho intramolecular Hbond substituents is 1. The monoisotopic (exact) mass is 367 g/mol. The molecule has 2 aromatic carbocycles. The van der Waals surface area contributed by atoms with Crippen LogP contribution in [0.25, 0.3) is 16.7 Å². The third kappa shape index (κ3) is 5.00. The van der Waals surface area contributed by atoms with Gasteiger partial charge in [-0.2, -0.15) is 0 Å². The second kappa shape index (κ2) is 8.89. The van der Waals surface area contributed by atoms with Gasteiger partial charge in [-0.15, -0.1) is 15.0 Å². The van der Waals surface area contributed by atoms with Gasteiger partial charge in [-0.1, -0.05) is 51.7 Å². The molecule has 1 aromatic heterocycles. The van der Waals surface area contributed by atoms with Crippen molar-refractivity contribution in [2.45, 2.75) is 52.9 Å². The van der Waals surface area contributed by atoms with Gasteiger partial charge in [0.05, 0.1) is 6.61 Å². The summed E-state index contributed by atoms with van der Waals surface area (Å²) in [6.07, 6.45) is 6.16. The SMILES string of the molecule is Cc1cc2nn(-c3ccccc3O)nc2cc1OCCCCCCC(C)C. The number of aryl methyl sites for hydroxylation is 1. The predicted octanol–water partition coefficient (Wildman–Crippen LogP) is 5.42. The molecule has 0 radical (unpaired) electrons. The van der Waals surface area contributed by atoms with Crippen molar-refractivity contribution in [3.8, 4) is 17.2 Å². The molecule has 0 amide bonds. The molecule has 0 saturated heterocycles. The van der Waals surface area contributed by atoms with Crippen molar-refractivity contribution in [1.82, 2.24) is 15.0 Å². The van der Waals surface area contributed by atoms with Crippen molar-refractivity contribution < 1.29 is 9.84 Å². The molecule has 3 rings (SSSR count). The Morgan fingerprint density at radius 3 is 2.44 bits per heavy atom. The van der Waals surface area contributed by atoms with Gasteiger partial charge in [-0.25, -0.2) is 0 Å². The van der Waals surface area contributed by atoms with Crippen LogP contribution < -0.4 is 4.74 Å². The maximum absolute atomic E-state index is 10.0. The quantitative estimate of drug-likeness (QED) is 0.513. The lowest BCUT2D eigenvalue weighted by Crippen LogP contribution is -1.99. The maximum Gasteiger partial charge on any atom is 0.143 e. The van der Waals surface area contributed by atoms with Crippen LogP contribution in [0, 0.1) is 12.8 Å². The van der Waals surface area contributed by atoms with Crippen LogP contribution >= 0.6 is 0 Å². The molecule has 0 saturated carbocycles. The number of aromatic hydroxyl groups is 1. The molecular formula is C22H29N3O2. The molecule has 0 aliphatic rings. The van der Waals surface area contributed by atoms with E-state index in [2.05, 4.69) is 24.0 Å². The molecule has 0 aliphatic heterocycles.